The number of ether oxygens (including phenoxy) is 1. The second kappa shape index (κ2) is 7.85. The normalized spacial score (nSPS) is 11.2. The van der Waals surface area contributed by atoms with Gasteiger partial charge in [-0.25, -0.2) is 4.98 Å². The molecule has 2 aromatic carbocycles. The van der Waals surface area contributed by atoms with Crippen LogP contribution in [0.4, 0.5) is 5.69 Å². The highest BCUT2D eigenvalue weighted by Gasteiger charge is 2.24. The monoisotopic (exact) mass is 467 g/mol. The minimum Gasteiger partial charge on any atom is -0.493 e. The van der Waals surface area contributed by atoms with Gasteiger partial charge in [-0.15, -0.1) is 0 Å². The van der Waals surface area contributed by atoms with E-state index in [1.54, 1.807) is 20.1 Å². The van der Waals surface area contributed by atoms with Crippen LogP contribution >= 0.6 is 23.2 Å². The van der Waals surface area contributed by atoms with Crippen molar-refractivity contribution in [2.24, 2.45) is 0 Å². The second-order valence-corrected chi connectivity index (χ2v) is 7.79. The van der Waals surface area contributed by atoms with Gasteiger partial charge in [-0.2, -0.15) is 0 Å². The summed E-state index contributed by atoms with van der Waals surface area (Å²) >= 11 is 12.2. The van der Waals surface area contributed by atoms with Crippen molar-refractivity contribution in [3.63, 3.8) is 0 Å². The fourth-order valence-electron chi connectivity index (χ4n) is 3.57. The summed E-state index contributed by atoms with van der Waals surface area (Å²) in [4.78, 5) is 21.2. The number of amides is 1. The van der Waals surface area contributed by atoms with Gasteiger partial charge in [-0.05, 0) is 25.1 Å². The highest BCUT2D eigenvalue weighted by Crippen LogP contribution is 2.41. The molecule has 0 radical (unpaired) electrons. The topological polar surface area (TPSA) is 90.4 Å². The molecule has 5 aromatic rings. The number of halogens is 2. The number of pyridine rings is 1. The Morgan fingerprint density at radius 1 is 1.06 bits per heavy atom. The molecule has 0 bridgehead atoms. The molecule has 1 amide bonds. The Labute approximate surface area is 191 Å². The van der Waals surface area contributed by atoms with Gasteiger partial charge in [0.25, 0.3) is 5.91 Å². The number of nitrogens with zero attached hydrogens (tertiary/aromatic N) is 2. The first kappa shape index (κ1) is 20.4. The van der Waals surface area contributed by atoms with Gasteiger partial charge >= 0.3 is 0 Å². The highest BCUT2D eigenvalue weighted by atomic mass is 35.5. The number of hydrogen-bond donors (Lipinski definition) is 1. The van der Waals surface area contributed by atoms with Crippen molar-refractivity contribution >= 4 is 56.7 Å². The standard InChI is InChI=1S/C23H15Cl2N3O4/c1-11-19(22(29)27-20-14(24)9-26-10-15(20)25)28-23(31-11)13-7-8-17(30-2)21-18(13)12-5-3-4-6-16(12)32-21/h3-10H,1-2H3,(H,26,27,29). The third-order valence-electron chi connectivity index (χ3n) is 5.04. The van der Waals surface area contributed by atoms with Gasteiger partial charge in [0.1, 0.15) is 11.3 Å². The van der Waals surface area contributed by atoms with Crippen LogP contribution in [-0.4, -0.2) is 23.0 Å². The van der Waals surface area contributed by atoms with E-state index in [9.17, 15) is 4.79 Å². The third-order valence-corrected chi connectivity index (χ3v) is 5.62. The summed E-state index contributed by atoms with van der Waals surface area (Å²) in [5.41, 5.74) is 2.32. The number of nitrogens with one attached hydrogen (secondary N) is 1. The number of carbonyl (C=O) groups excluding carboxylic acids is 1. The summed E-state index contributed by atoms with van der Waals surface area (Å²) in [7, 11) is 1.58. The quantitative estimate of drug-likeness (QED) is 0.323. The number of benzene rings is 2. The van der Waals surface area contributed by atoms with Crippen molar-refractivity contribution in [3.05, 3.63) is 70.3 Å². The van der Waals surface area contributed by atoms with Crippen LogP contribution in [-0.2, 0) is 0 Å². The minimum absolute atomic E-state index is 0.112. The number of aryl methyl sites for hydroxylation is 1. The maximum atomic E-state index is 12.9. The van der Waals surface area contributed by atoms with Crippen LogP contribution < -0.4 is 10.1 Å². The number of hydrogen-bond acceptors (Lipinski definition) is 6. The lowest BCUT2D eigenvalue weighted by Gasteiger charge is -2.07. The second-order valence-electron chi connectivity index (χ2n) is 6.97. The molecule has 0 atom stereocenters. The molecule has 9 heteroatoms. The van der Waals surface area contributed by atoms with Gasteiger partial charge in [0.2, 0.25) is 5.89 Å². The van der Waals surface area contributed by atoms with E-state index in [4.69, 9.17) is 36.8 Å². The molecular formula is C23H15Cl2N3O4. The average Bonchev–Trinajstić information content (AvgIpc) is 3.36. The van der Waals surface area contributed by atoms with Crippen LogP contribution in [0.5, 0.6) is 5.75 Å². The summed E-state index contributed by atoms with van der Waals surface area (Å²) in [6.07, 6.45) is 2.78. The van der Waals surface area contributed by atoms with Crippen LogP contribution in [0.2, 0.25) is 10.0 Å². The van der Waals surface area contributed by atoms with Crippen molar-refractivity contribution in [2.45, 2.75) is 6.92 Å². The number of fused-ring (bicyclic) bond motifs is 3. The predicted molar refractivity (Wildman–Crippen MR) is 123 cm³/mol. The minimum atomic E-state index is -0.505. The summed E-state index contributed by atoms with van der Waals surface area (Å²) in [5.74, 6) is 0.701. The zero-order chi connectivity index (χ0) is 22.4. The summed E-state index contributed by atoms with van der Waals surface area (Å²) in [5, 5.41) is 4.78. The van der Waals surface area contributed by atoms with Crippen molar-refractivity contribution in [1.82, 2.24) is 9.97 Å². The van der Waals surface area contributed by atoms with Crippen LogP contribution in [0.25, 0.3) is 33.4 Å². The van der Waals surface area contributed by atoms with Gasteiger partial charge in [0, 0.05) is 28.7 Å². The Morgan fingerprint density at radius 2 is 1.81 bits per heavy atom. The first-order chi connectivity index (χ1) is 15.5. The lowest BCUT2D eigenvalue weighted by atomic mass is 10.1. The lowest BCUT2D eigenvalue weighted by molar-refractivity contribution is 0.102. The fraction of sp³-hybridized carbons (Fsp3) is 0.0870. The molecule has 1 N–H and O–H groups in total. The molecule has 3 heterocycles. The maximum absolute atomic E-state index is 12.9. The third kappa shape index (κ3) is 3.26. The Bertz CT molecular complexity index is 1490. The van der Waals surface area contributed by atoms with E-state index in [0.717, 1.165) is 10.8 Å². The predicted octanol–water partition coefficient (Wildman–Crippen LogP) is 6.51. The van der Waals surface area contributed by atoms with Crippen LogP contribution in [0.1, 0.15) is 16.2 Å². The van der Waals surface area contributed by atoms with E-state index < -0.39 is 5.91 Å². The summed E-state index contributed by atoms with van der Waals surface area (Å²) in [6, 6.07) is 11.2. The van der Waals surface area contributed by atoms with Crippen LogP contribution in [0.15, 0.2) is 57.6 Å². The molecule has 0 saturated carbocycles. The lowest BCUT2D eigenvalue weighted by Crippen LogP contribution is -2.14. The molecule has 0 aliphatic carbocycles. The van der Waals surface area contributed by atoms with E-state index in [1.165, 1.54) is 12.4 Å². The molecule has 3 aromatic heterocycles. The molecule has 0 aliphatic heterocycles. The van der Waals surface area contributed by atoms with Gasteiger partial charge in [0.15, 0.2) is 17.0 Å². The van der Waals surface area contributed by atoms with Crippen molar-refractivity contribution in [2.75, 3.05) is 12.4 Å². The van der Waals surface area contributed by atoms with Crippen LogP contribution in [0, 0.1) is 6.92 Å². The van der Waals surface area contributed by atoms with Gasteiger partial charge < -0.3 is 18.9 Å². The number of methoxy groups -OCH3 is 1. The van der Waals surface area contributed by atoms with Gasteiger partial charge in [0.05, 0.1) is 22.8 Å². The smallest absolute Gasteiger partial charge is 0.278 e. The van der Waals surface area contributed by atoms with E-state index in [2.05, 4.69) is 15.3 Å². The molecule has 0 fully saturated rings. The van der Waals surface area contributed by atoms with E-state index in [0.29, 0.717) is 28.2 Å². The summed E-state index contributed by atoms with van der Waals surface area (Å²) < 4.78 is 17.4. The Kier molecular flexibility index (Phi) is 5.00. The molecule has 0 saturated heterocycles. The van der Waals surface area contributed by atoms with Gasteiger partial charge in [-0.3, -0.25) is 9.78 Å². The van der Waals surface area contributed by atoms with E-state index in [-0.39, 0.29) is 27.3 Å². The zero-order valence-electron chi connectivity index (χ0n) is 16.9. The molecule has 160 valence electrons. The Balaban J connectivity index is 1.62. The van der Waals surface area contributed by atoms with Crippen LogP contribution in [0.3, 0.4) is 0 Å². The Hall–Kier alpha value is -3.55. The number of anilines is 1. The number of carbonyl (C=O) groups is 1. The molecule has 0 spiro atoms. The van der Waals surface area contributed by atoms with Crippen molar-refractivity contribution in [3.8, 4) is 17.2 Å². The number of aromatic nitrogens is 2. The first-order valence-electron chi connectivity index (χ1n) is 9.54. The maximum Gasteiger partial charge on any atom is 0.278 e. The molecular weight excluding hydrogens is 453 g/mol. The molecule has 5 rings (SSSR count). The van der Waals surface area contributed by atoms with Crippen molar-refractivity contribution < 1.29 is 18.4 Å². The van der Waals surface area contributed by atoms with Crippen molar-refractivity contribution in [1.29, 1.82) is 0 Å². The molecule has 0 aliphatic rings. The molecule has 32 heavy (non-hydrogen) atoms. The average molecular weight is 468 g/mol. The number of oxazole rings is 1. The first-order valence-corrected chi connectivity index (χ1v) is 10.3. The van der Waals surface area contributed by atoms with Gasteiger partial charge in [-0.1, -0.05) is 41.4 Å². The zero-order valence-corrected chi connectivity index (χ0v) is 18.4. The van der Waals surface area contributed by atoms with E-state index >= 15 is 0 Å². The SMILES string of the molecule is COc1ccc(-c2nc(C(=O)Nc3c(Cl)cncc3Cl)c(C)o2)c2c1oc1ccccc12. The fourth-order valence-corrected chi connectivity index (χ4v) is 4.03. The van der Waals surface area contributed by atoms with E-state index in [1.807, 2.05) is 30.3 Å². The summed E-state index contributed by atoms with van der Waals surface area (Å²) in [6.45, 7) is 1.66. The molecule has 7 nitrogen and oxygen atoms in total. The number of furan rings is 1. The number of para-hydroxylation sites is 1. The largest absolute Gasteiger partial charge is 0.493 e. The molecule has 0 unspecified atom stereocenters. The highest BCUT2D eigenvalue weighted by molar-refractivity contribution is 6.39. The number of rotatable bonds is 4. The Morgan fingerprint density at radius 3 is 2.56 bits per heavy atom.